The van der Waals surface area contributed by atoms with E-state index < -0.39 is 0 Å². The van der Waals surface area contributed by atoms with Gasteiger partial charge in [0.1, 0.15) is 0 Å². The summed E-state index contributed by atoms with van der Waals surface area (Å²) >= 11 is 0. The maximum atomic E-state index is 13.9. The van der Waals surface area contributed by atoms with E-state index in [1.54, 1.807) is 12.1 Å². The molecule has 208 valence electrons. The van der Waals surface area contributed by atoms with Crippen molar-refractivity contribution >= 4 is 66.5 Å². The van der Waals surface area contributed by atoms with Gasteiger partial charge in [-0.2, -0.15) is 0 Å². The maximum absolute atomic E-state index is 13.9. The van der Waals surface area contributed by atoms with Gasteiger partial charge in [0.15, 0.2) is 0 Å². The molecule has 2 aliphatic heterocycles. The fourth-order valence-corrected chi connectivity index (χ4v) is 7.46. The second kappa shape index (κ2) is 9.81. The van der Waals surface area contributed by atoms with Crippen LogP contribution in [0.2, 0.25) is 0 Å². The number of hydrogen-bond donors (Lipinski definition) is 2. The van der Waals surface area contributed by atoms with E-state index in [-0.39, 0.29) is 30.2 Å². The Bertz CT molecular complexity index is 1810. The summed E-state index contributed by atoms with van der Waals surface area (Å²) < 4.78 is 0. The molecule has 0 aromatic heterocycles. The van der Waals surface area contributed by atoms with Crippen LogP contribution in [0, 0.1) is 11.8 Å². The Morgan fingerprint density at radius 1 is 0.659 bits per heavy atom. The van der Waals surface area contributed by atoms with Gasteiger partial charge >= 0.3 is 0 Å². The Kier molecular flexibility index (Phi) is 6.20. The van der Waals surface area contributed by atoms with Crippen LogP contribution in [0.1, 0.15) is 83.4 Å². The van der Waals surface area contributed by atoms with Crippen LogP contribution in [0.4, 0.5) is 5.69 Å². The van der Waals surface area contributed by atoms with Crippen molar-refractivity contribution in [1.29, 1.82) is 0 Å². The second-order valence-electron chi connectivity index (χ2n) is 11.8. The first kappa shape index (κ1) is 25.9. The van der Waals surface area contributed by atoms with Crippen molar-refractivity contribution < 1.29 is 19.5 Å². The van der Waals surface area contributed by atoms with Gasteiger partial charge in [-0.25, -0.2) is 0 Å². The van der Waals surface area contributed by atoms with E-state index in [2.05, 4.69) is 25.2 Å². The predicted octanol–water partition coefficient (Wildman–Crippen LogP) is 7.19. The number of nitrogens with zero attached hydrogens (tertiary/aromatic N) is 1. The molecule has 0 spiro atoms. The van der Waals surface area contributed by atoms with Gasteiger partial charge in [0.25, 0.3) is 17.7 Å². The summed E-state index contributed by atoms with van der Waals surface area (Å²) in [6.07, 6.45) is 6.64. The lowest BCUT2D eigenvalue weighted by atomic mass is 9.84. The van der Waals surface area contributed by atoms with Gasteiger partial charge in [0.05, 0.1) is 5.69 Å². The maximum Gasteiger partial charge on any atom is 0.259 e. The molecule has 1 atom stereocenters. The van der Waals surface area contributed by atoms with Gasteiger partial charge in [0, 0.05) is 51.9 Å². The molecule has 6 heteroatoms. The Labute approximate surface area is 238 Å². The fourth-order valence-electron chi connectivity index (χ4n) is 7.46. The number of aliphatic hydroxyl groups excluding tert-OH is 1. The van der Waals surface area contributed by atoms with Crippen LogP contribution in [0.5, 0.6) is 0 Å². The smallest absolute Gasteiger partial charge is 0.259 e. The summed E-state index contributed by atoms with van der Waals surface area (Å²) in [4.78, 5) is 41.2. The summed E-state index contributed by atoms with van der Waals surface area (Å²) in [6, 6.07) is 15.6. The van der Waals surface area contributed by atoms with E-state index >= 15 is 0 Å². The zero-order valence-corrected chi connectivity index (χ0v) is 23.5. The lowest BCUT2D eigenvalue weighted by Gasteiger charge is -2.30. The number of carbonyl (C=O) groups is 3. The van der Waals surface area contributed by atoms with Gasteiger partial charge in [-0.05, 0) is 57.1 Å². The Morgan fingerprint density at radius 2 is 1.17 bits per heavy atom. The number of unbranched alkanes of at least 4 members (excludes halogenated alkanes) is 2. The molecule has 2 aliphatic rings. The molecular formula is C35H34N2O4. The molecule has 0 saturated carbocycles. The Balaban J connectivity index is 1.41. The number of anilines is 1. The molecule has 3 amide bonds. The SMILES string of the molecule is CCCCC(CCCC)C(CO)CN1C(=O)c2ccc3c4ccc5c6c(ccc(c7ccc1c2c37)c64)C(=O)NC5=O. The lowest BCUT2D eigenvalue weighted by molar-refractivity contribution is 0.0844. The topological polar surface area (TPSA) is 86.7 Å². The average molecular weight is 547 g/mol. The van der Waals surface area contributed by atoms with Gasteiger partial charge in [-0.1, -0.05) is 76.6 Å². The van der Waals surface area contributed by atoms with Crippen molar-refractivity contribution in [3.63, 3.8) is 0 Å². The van der Waals surface area contributed by atoms with Crippen LogP contribution in [-0.2, 0) is 0 Å². The van der Waals surface area contributed by atoms with Gasteiger partial charge in [-0.3, -0.25) is 19.7 Å². The number of nitrogens with one attached hydrogen (secondary N) is 1. The van der Waals surface area contributed by atoms with Crippen molar-refractivity contribution in [2.45, 2.75) is 52.4 Å². The summed E-state index contributed by atoms with van der Waals surface area (Å²) in [7, 11) is 0. The number of fused-ring (bicyclic) bond motifs is 2. The van der Waals surface area contributed by atoms with Crippen LogP contribution in [-0.4, -0.2) is 36.0 Å². The molecule has 6 nitrogen and oxygen atoms in total. The second-order valence-corrected chi connectivity index (χ2v) is 11.8. The lowest BCUT2D eigenvalue weighted by Crippen LogP contribution is -2.37. The van der Waals surface area contributed by atoms with E-state index in [1.165, 1.54) is 0 Å². The molecule has 5 aromatic rings. The molecule has 0 radical (unpaired) electrons. The first-order valence-corrected chi connectivity index (χ1v) is 15.0. The van der Waals surface area contributed by atoms with Crippen molar-refractivity contribution in [3.8, 4) is 0 Å². The molecule has 7 rings (SSSR count). The third kappa shape index (κ3) is 3.70. The molecule has 0 saturated heterocycles. The zero-order valence-electron chi connectivity index (χ0n) is 23.5. The summed E-state index contributed by atoms with van der Waals surface area (Å²) in [5.74, 6) is -0.352. The zero-order chi connectivity index (χ0) is 28.4. The highest BCUT2D eigenvalue weighted by Gasteiger charge is 2.35. The minimum Gasteiger partial charge on any atom is -0.396 e. The highest BCUT2D eigenvalue weighted by molar-refractivity contribution is 6.41. The third-order valence-electron chi connectivity index (χ3n) is 9.54. The van der Waals surface area contributed by atoms with E-state index in [0.717, 1.165) is 81.9 Å². The van der Waals surface area contributed by atoms with Gasteiger partial charge < -0.3 is 10.0 Å². The van der Waals surface area contributed by atoms with Gasteiger partial charge in [-0.15, -0.1) is 0 Å². The van der Waals surface area contributed by atoms with Crippen LogP contribution in [0.15, 0.2) is 48.5 Å². The van der Waals surface area contributed by atoms with Crippen LogP contribution in [0.25, 0.3) is 43.1 Å². The predicted molar refractivity (Wildman–Crippen MR) is 164 cm³/mol. The van der Waals surface area contributed by atoms with Crippen molar-refractivity contribution in [1.82, 2.24) is 5.32 Å². The summed E-state index contributed by atoms with van der Waals surface area (Å²) in [5, 5.41) is 20.5. The number of benzene rings is 5. The third-order valence-corrected chi connectivity index (χ3v) is 9.54. The van der Waals surface area contributed by atoms with Crippen LogP contribution < -0.4 is 10.2 Å². The fraction of sp³-hybridized carbons (Fsp3) is 0.343. The number of carbonyl (C=O) groups excluding carboxylic acids is 3. The largest absolute Gasteiger partial charge is 0.396 e. The first-order valence-electron chi connectivity index (χ1n) is 15.0. The highest BCUT2D eigenvalue weighted by atomic mass is 16.3. The van der Waals surface area contributed by atoms with Crippen molar-refractivity contribution in [2.24, 2.45) is 11.8 Å². The number of hydrogen-bond acceptors (Lipinski definition) is 4. The molecular weight excluding hydrogens is 512 g/mol. The molecule has 0 bridgehead atoms. The molecule has 2 N–H and O–H groups in total. The van der Waals surface area contributed by atoms with Crippen LogP contribution in [0.3, 0.4) is 0 Å². The molecule has 0 fully saturated rings. The van der Waals surface area contributed by atoms with Crippen LogP contribution >= 0.6 is 0 Å². The van der Waals surface area contributed by atoms with Gasteiger partial charge in [0.2, 0.25) is 0 Å². The summed E-state index contributed by atoms with van der Waals surface area (Å²) in [5.41, 5.74) is 2.61. The number of imide groups is 1. The monoisotopic (exact) mass is 546 g/mol. The Morgan fingerprint density at radius 3 is 1.71 bits per heavy atom. The van der Waals surface area contributed by atoms with E-state index in [4.69, 9.17) is 0 Å². The normalized spacial score (nSPS) is 15.4. The molecule has 0 aliphatic carbocycles. The Hall–Kier alpha value is -4.03. The average Bonchev–Trinajstić information content (AvgIpc) is 3.26. The number of rotatable bonds is 10. The van der Waals surface area contributed by atoms with Crippen molar-refractivity contribution in [3.05, 3.63) is 65.2 Å². The quantitative estimate of drug-likeness (QED) is 0.110. The molecule has 2 heterocycles. The number of amides is 3. The number of aliphatic hydroxyl groups is 1. The molecule has 1 unspecified atom stereocenters. The molecule has 5 aromatic carbocycles. The van der Waals surface area contributed by atoms with E-state index in [1.807, 2.05) is 35.2 Å². The van der Waals surface area contributed by atoms with E-state index in [0.29, 0.717) is 34.5 Å². The summed E-state index contributed by atoms with van der Waals surface area (Å²) in [6.45, 7) is 4.97. The standard InChI is InChI=1S/C35H34N2O4/c1-3-5-7-19(8-6-4-2)20(18-38)17-37-28-16-15-24-22-10-13-26-31-25(33(39)36-34(26)40)12-9-21(29(22)31)23-11-14-27(35(37)41)32(28)30(23)24/h9-16,19-20,38H,3-8,17-18H2,1-2H3,(H,36,39,40). The molecule has 41 heavy (non-hydrogen) atoms. The van der Waals surface area contributed by atoms with Crippen molar-refractivity contribution in [2.75, 3.05) is 18.1 Å². The minimum absolute atomic E-state index is 0.00908. The minimum atomic E-state index is -0.374. The highest BCUT2D eigenvalue weighted by Crippen LogP contribution is 2.48. The first-order chi connectivity index (χ1) is 20.0. The van der Waals surface area contributed by atoms with E-state index in [9.17, 15) is 19.5 Å².